The number of halogens is 5. The normalized spacial score (nSPS) is 10.6. The van der Waals surface area contributed by atoms with E-state index >= 15 is 0 Å². The molecule has 0 aromatic heterocycles. The Bertz CT molecular complexity index is 702. The Kier molecular flexibility index (Phi) is 4.20. The Labute approximate surface area is 118 Å². The van der Waals surface area contributed by atoms with E-state index in [1.165, 1.54) is 6.92 Å². The van der Waals surface area contributed by atoms with Crippen LogP contribution >= 0.6 is 0 Å². The summed E-state index contributed by atoms with van der Waals surface area (Å²) >= 11 is 0. The van der Waals surface area contributed by atoms with Crippen LogP contribution in [0.1, 0.15) is 5.56 Å². The van der Waals surface area contributed by atoms with E-state index in [2.05, 4.69) is 4.74 Å². The van der Waals surface area contributed by atoms with Gasteiger partial charge in [0.2, 0.25) is 0 Å². The summed E-state index contributed by atoms with van der Waals surface area (Å²) in [5.74, 6) is -6.22. The summed E-state index contributed by atoms with van der Waals surface area (Å²) < 4.78 is 72.3. The highest BCUT2D eigenvalue weighted by Gasteiger charge is 2.21. The second-order valence-corrected chi connectivity index (χ2v) is 4.35. The Morgan fingerprint density at radius 2 is 1.57 bits per heavy atom. The first kappa shape index (κ1) is 15.3. The van der Waals surface area contributed by atoms with Gasteiger partial charge in [0.25, 0.3) is 0 Å². The summed E-state index contributed by atoms with van der Waals surface area (Å²) in [6.45, 7) is 1.31. The summed E-state index contributed by atoms with van der Waals surface area (Å²) in [5, 5.41) is 0. The molecule has 0 amide bonds. The standard InChI is InChI=1S/C14H9BF5O/c1-6-8(3-7(16)4-9(6)17)15-12-13(19)10(18)5-11(21-2)14(12)20/h3-5H,1-2H3. The van der Waals surface area contributed by atoms with Gasteiger partial charge in [-0.15, -0.1) is 0 Å². The molecular formula is C14H9BF5O. The lowest BCUT2D eigenvalue weighted by atomic mass is 9.62. The highest BCUT2D eigenvalue weighted by atomic mass is 19.2. The minimum absolute atomic E-state index is 0.0153. The van der Waals surface area contributed by atoms with Crippen molar-refractivity contribution in [2.75, 3.05) is 7.11 Å². The molecule has 0 aliphatic heterocycles. The van der Waals surface area contributed by atoms with Crippen molar-refractivity contribution in [3.8, 4) is 5.75 Å². The summed E-state index contributed by atoms with van der Waals surface area (Å²) in [6.07, 6.45) is 0. The molecule has 21 heavy (non-hydrogen) atoms. The molecule has 0 fully saturated rings. The Hall–Kier alpha value is -2.05. The quantitative estimate of drug-likeness (QED) is 0.480. The second-order valence-electron chi connectivity index (χ2n) is 4.35. The van der Waals surface area contributed by atoms with Gasteiger partial charge in [-0.05, 0) is 24.0 Å². The molecule has 109 valence electrons. The first-order chi connectivity index (χ1) is 9.85. The van der Waals surface area contributed by atoms with Crippen molar-refractivity contribution in [3.63, 3.8) is 0 Å². The number of hydrogen-bond acceptors (Lipinski definition) is 1. The van der Waals surface area contributed by atoms with Crippen LogP contribution in [0, 0.1) is 36.0 Å². The first-order valence-corrected chi connectivity index (χ1v) is 5.87. The van der Waals surface area contributed by atoms with Gasteiger partial charge >= 0.3 is 0 Å². The third-order valence-corrected chi connectivity index (χ3v) is 3.03. The Morgan fingerprint density at radius 1 is 0.905 bits per heavy atom. The van der Waals surface area contributed by atoms with Gasteiger partial charge in [-0.2, -0.15) is 0 Å². The molecule has 2 aromatic rings. The predicted molar refractivity (Wildman–Crippen MR) is 69.0 cm³/mol. The molecule has 1 nitrogen and oxygen atoms in total. The molecule has 0 aliphatic carbocycles. The average molecular weight is 299 g/mol. The highest BCUT2D eigenvalue weighted by Crippen LogP contribution is 2.18. The van der Waals surface area contributed by atoms with Crippen molar-refractivity contribution in [3.05, 3.63) is 52.8 Å². The van der Waals surface area contributed by atoms with E-state index in [1.54, 1.807) is 0 Å². The Morgan fingerprint density at radius 3 is 2.19 bits per heavy atom. The van der Waals surface area contributed by atoms with Gasteiger partial charge in [0.15, 0.2) is 30.5 Å². The van der Waals surface area contributed by atoms with E-state index in [0.29, 0.717) is 12.1 Å². The van der Waals surface area contributed by atoms with E-state index < -0.39 is 40.3 Å². The van der Waals surface area contributed by atoms with Crippen LogP contribution in [0.5, 0.6) is 5.75 Å². The predicted octanol–water partition coefficient (Wildman–Crippen LogP) is 2.35. The first-order valence-electron chi connectivity index (χ1n) is 5.87. The third-order valence-electron chi connectivity index (χ3n) is 3.03. The van der Waals surface area contributed by atoms with Gasteiger partial charge in [-0.3, -0.25) is 0 Å². The zero-order valence-corrected chi connectivity index (χ0v) is 11.1. The molecule has 0 aliphatic rings. The molecule has 7 heteroatoms. The summed E-state index contributed by atoms with van der Waals surface area (Å²) in [6, 6.07) is 2.10. The summed E-state index contributed by atoms with van der Waals surface area (Å²) in [7, 11) is 1.92. The summed E-state index contributed by atoms with van der Waals surface area (Å²) in [4.78, 5) is 0. The number of hydrogen-bond donors (Lipinski definition) is 0. The lowest BCUT2D eigenvalue weighted by Crippen LogP contribution is -2.35. The lowest BCUT2D eigenvalue weighted by Gasteiger charge is -2.11. The zero-order valence-electron chi connectivity index (χ0n) is 11.1. The lowest BCUT2D eigenvalue weighted by molar-refractivity contribution is 0.379. The molecule has 0 N–H and O–H groups in total. The maximum atomic E-state index is 14.0. The summed E-state index contributed by atoms with van der Waals surface area (Å²) in [5.41, 5.74) is -0.878. The van der Waals surface area contributed by atoms with E-state index in [0.717, 1.165) is 20.5 Å². The maximum Gasteiger partial charge on any atom is 0.200 e. The molecule has 2 rings (SSSR count). The van der Waals surface area contributed by atoms with Crippen molar-refractivity contribution in [2.24, 2.45) is 0 Å². The van der Waals surface area contributed by atoms with Crippen LogP contribution in [0.2, 0.25) is 0 Å². The van der Waals surface area contributed by atoms with Crippen molar-refractivity contribution in [1.29, 1.82) is 0 Å². The minimum Gasteiger partial charge on any atom is -0.494 e. The maximum absolute atomic E-state index is 14.0. The van der Waals surface area contributed by atoms with Crippen LogP contribution in [-0.4, -0.2) is 14.4 Å². The molecule has 0 bridgehead atoms. The molecule has 0 atom stereocenters. The van der Waals surface area contributed by atoms with Gasteiger partial charge in [0.1, 0.15) is 11.6 Å². The fourth-order valence-electron chi connectivity index (χ4n) is 1.85. The molecule has 0 unspecified atom stereocenters. The van der Waals surface area contributed by atoms with Gasteiger partial charge < -0.3 is 4.74 Å². The molecule has 0 spiro atoms. The number of ether oxygens (including phenoxy) is 1. The van der Waals surface area contributed by atoms with E-state index in [9.17, 15) is 22.0 Å². The zero-order chi connectivity index (χ0) is 15.7. The average Bonchev–Trinajstić information content (AvgIpc) is 2.43. The van der Waals surface area contributed by atoms with Crippen LogP contribution in [0.4, 0.5) is 22.0 Å². The fourth-order valence-corrected chi connectivity index (χ4v) is 1.85. The SMILES string of the molecule is COc1cc(F)c(F)c([B]c2cc(F)cc(F)c2C)c1F. The molecule has 0 saturated carbocycles. The van der Waals surface area contributed by atoms with Crippen molar-refractivity contribution < 1.29 is 26.7 Å². The molecule has 1 radical (unpaired) electrons. The van der Waals surface area contributed by atoms with Gasteiger partial charge in [-0.25, -0.2) is 22.0 Å². The number of methoxy groups -OCH3 is 1. The molecule has 0 saturated heterocycles. The largest absolute Gasteiger partial charge is 0.494 e. The van der Waals surface area contributed by atoms with E-state index in [1.807, 2.05) is 0 Å². The topological polar surface area (TPSA) is 9.23 Å². The molecule has 2 aromatic carbocycles. The van der Waals surface area contributed by atoms with E-state index in [4.69, 9.17) is 0 Å². The van der Waals surface area contributed by atoms with Gasteiger partial charge in [0, 0.05) is 12.1 Å². The molecule has 0 heterocycles. The monoisotopic (exact) mass is 299 g/mol. The Balaban J connectivity index is 2.57. The van der Waals surface area contributed by atoms with Crippen LogP contribution in [0.3, 0.4) is 0 Å². The second kappa shape index (κ2) is 5.75. The van der Waals surface area contributed by atoms with Crippen LogP contribution in [0.15, 0.2) is 18.2 Å². The smallest absolute Gasteiger partial charge is 0.200 e. The van der Waals surface area contributed by atoms with Crippen LogP contribution in [-0.2, 0) is 0 Å². The van der Waals surface area contributed by atoms with Crippen molar-refractivity contribution in [1.82, 2.24) is 0 Å². The van der Waals surface area contributed by atoms with Crippen LogP contribution < -0.4 is 15.7 Å². The fraction of sp³-hybridized carbons (Fsp3) is 0.143. The van der Waals surface area contributed by atoms with Crippen molar-refractivity contribution in [2.45, 2.75) is 6.92 Å². The number of rotatable bonds is 3. The highest BCUT2D eigenvalue weighted by molar-refractivity contribution is 6.68. The number of benzene rings is 2. The minimum atomic E-state index is -1.46. The van der Waals surface area contributed by atoms with Crippen molar-refractivity contribution >= 4 is 18.2 Å². The van der Waals surface area contributed by atoms with Crippen LogP contribution in [0.25, 0.3) is 0 Å². The van der Waals surface area contributed by atoms with Gasteiger partial charge in [-0.1, -0.05) is 5.46 Å². The van der Waals surface area contributed by atoms with E-state index in [-0.39, 0.29) is 11.0 Å². The third kappa shape index (κ3) is 2.86. The van der Waals surface area contributed by atoms with Gasteiger partial charge in [0.05, 0.1) is 7.11 Å². The molecular weight excluding hydrogens is 290 g/mol.